The molecule has 0 aliphatic carbocycles. The number of hydrogen-bond acceptors (Lipinski definition) is 4. The molecule has 0 unspecified atom stereocenters. The van der Waals surface area contributed by atoms with Crippen molar-refractivity contribution in [3.05, 3.63) is 41.0 Å². The molecule has 0 atom stereocenters. The Morgan fingerprint density at radius 1 is 1.28 bits per heavy atom. The summed E-state index contributed by atoms with van der Waals surface area (Å²) < 4.78 is 29.8. The smallest absolute Gasteiger partial charge is 0.219 e. The van der Waals surface area contributed by atoms with E-state index >= 15 is 0 Å². The van der Waals surface area contributed by atoms with E-state index in [4.69, 9.17) is 10.00 Å². The average Bonchev–Trinajstić information content (AvgIpc) is 2.39. The van der Waals surface area contributed by atoms with Gasteiger partial charge in [-0.2, -0.15) is 5.26 Å². The number of rotatable bonds is 5. The molecule has 0 saturated carbocycles. The van der Waals surface area contributed by atoms with Crippen LogP contribution in [-0.2, 0) is 14.6 Å². The molecule has 1 rings (SSSR count). The first-order valence-corrected chi connectivity index (χ1v) is 7.12. The lowest BCUT2D eigenvalue weighted by atomic mass is 10.3. The predicted molar refractivity (Wildman–Crippen MR) is 68.2 cm³/mol. The summed E-state index contributed by atoms with van der Waals surface area (Å²) in [5.74, 6) is 0.212. The second-order valence-corrected chi connectivity index (χ2v) is 5.35. The van der Waals surface area contributed by atoms with Crippen LogP contribution in [0.15, 0.2) is 45.9 Å². The number of nitriles is 1. The van der Waals surface area contributed by atoms with Crippen LogP contribution in [0, 0.1) is 11.3 Å². The molecule has 0 aliphatic heterocycles. The summed E-state index contributed by atoms with van der Waals surface area (Å²) in [5, 5.41) is 9.08. The fourth-order valence-electron chi connectivity index (χ4n) is 1.49. The number of ether oxygens (including phenoxy) is 1. The maximum absolute atomic E-state index is 12.3. The molecule has 4 nitrogen and oxygen atoms in total. The van der Waals surface area contributed by atoms with E-state index in [1.807, 2.05) is 0 Å². The SMILES string of the molecule is CCOC(CC)=C(C#N)S(=O)(=O)c1ccccc1. The lowest BCUT2D eigenvalue weighted by molar-refractivity contribution is 0.220. The van der Waals surface area contributed by atoms with Gasteiger partial charge in [-0.15, -0.1) is 0 Å². The largest absolute Gasteiger partial charge is 0.496 e. The van der Waals surface area contributed by atoms with Crippen molar-refractivity contribution in [1.29, 1.82) is 5.26 Å². The number of nitrogens with zero attached hydrogens (tertiary/aromatic N) is 1. The van der Waals surface area contributed by atoms with Gasteiger partial charge in [0, 0.05) is 6.42 Å². The van der Waals surface area contributed by atoms with Gasteiger partial charge < -0.3 is 4.74 Å². The lowest BCUT2D eigenvalue weighted by Gasteiger charge is -2.10. The van der Waals surface area contributed by atoms with Crippen LogP contribution in [0.4, 0.5) is 0 Å². The number of allylic oxidation sites excluding steroid dienone is 2. The first-order valence-electron chi connectivity index (χ1n) is 5.64. The third-order valence-electron chi connectivity index (χ3n) is 2.32. The highest BCUT2D eigenvalue weighted by Crippen LogP contribution is 2.23. The highest BCUT2D eigenvalue weighted by molar-refractivity contribution is 7.95. The van der Waals surface area contributed by atoms with Gasteiger partial charge in [0.1, 0.15) is 11.8 Å². The van der Waals surface area contributed by atoms with Crippen molar-refractivity contribution in [3.8, 4) is 6.07 Å². The van der Waals surface area contributed by atoms with Crippen LogP contribution in [-0.4, -0.2) is 15.0 Å². The van der Waals surface area contributed by atoms with Gasteiger partial charge in [0.2, 0.25) is 9.84 Å². The van der Waals surface area contributed by atoms with E-state index in [0.717, 1.165) is 0 Å². The minimum Gasteiger partial charge on any atom is -0.496 e. The van der Waals surface area contributed by atoms with Crippen molar-refractivity contribution in [2.45, 2.75) is 25.2 Å². The van der Waals surface area contributed by atoms with Crippen molar-refractivity contribution >= 4 is 9.84 Å². The van der Waals surface area contributed by atoms with Crippen LogP contribution in [0.5, 0.6) is 0 Å². The first kappa shape index (κ1) is 14.3. The fourth-order valence-corrected chi connectivity index (χ4v) is 2.87. The topological polar surface area (TPSA) is 67.2 Å². The van der Waals surface area contributed by atoms with E-state index in [1.165, 1.54) is 12.1 Å². The van der Waals surface area contributed by atoms with Gasteiger partial charge >= 0.3 is 0 Å². The van der Waals surface area contributed by atoms with Gasteiger partial charge in [-0.1, -0.05) is 25.1 Å². The molecule has 0 radical (unpaired) electrons. The number of hydrogen-bond donors (Lipinski definition) is 0. The van der Waals surface area contributed by atoms with Gasteiger partial charge in [0.25, 0.3) is 0 Å². The quantitative estimate of drug-likeness (QED) is 0.606. The molecule has 96 valence electrons. The van der Waals surface area contributed by atoms with Crippen LogP contribution in [0.1, 0.15) is 20.3 Å². The zero-order valence-corrected chi connectivity index (χ0v) is 11.2. The molecule has 0 spiro atoms. The fraction of sp³-hybridized carbons (Fsp3) is 0.308. The van der Waals surface area contributed by atoms with Crippen LogP contribution >= 0.6 is 0 Å². The van der Waals surface area contributed by atoms with Crippen LogP contribution in [0.3, 0.4) is 0 Å². The zero-order valence-electron chi connectivity index (χ0n) is 10.4. The highest BCUT2D eigenvalue weighted by atomic mass is 32.2. The predicted octanol–water partition coefficient (Wildman–Crippen LogP) is 2.64. The van der Waals surface area contributed by atoms with Crippen molar-refractivity contribution in [2.75, 3.05) is 6.61 Å². The molecular formula is C13H15NO3S. The molecule has 0 aliphatic rings. The molecule has 0 bridgehead atoms. The molecule has 0 N–H and O–H groups in total. The van der Waals surface area contributed by atoms with Gasteiger partial charge in [-0.25, -0.2) is 8.42 Å². The molecule has 0 amide bonds. The molecule has 0 fully saturated rings. The molecule has 0 heterocycles. The summed E-state index contributed by atoms with van der Waals surface area (Å²) in [4.78, 5) is -0.203. The lowest BCUT2D eigenvalue weighted by Crippen LogP contribution is -2.08. The van der Waals surface area contributed by atoms with Crippen molar-refractivity contribution < 1.29 is 13.2 Å². The molecule has 0 saturated heterocycles. The Balaban J connectivity index is 3.38. The molecule has 18 heavy (non-hydrogen) atoms. The molecular weight excluding hydrogens is 250 g/mol. The minimum absolute atomic E-state index is 0.104. The molecule has 1 aromatic rings. The van der Waals surface area contributed by atoms with Crippen molar-refractivity contribution in [1.82, 2.24) is 0 Å². The third-order valence-corrected chi connectivity index (χ3v) is 4.07. The summed E-state index contributed by atoms with van der Waals surface area (Å²) in [5.41, 5.74) is 0. The van der Waals surface area contributed by atoms with Gasteiger partial charge in [0.05, 0.1) is 11.5 Å². The Morgan fingerprint density at radius 2 is 1.89 bits per heavy atom. The van der Waals surface area contributed by atoms with Crippen molar-refractivity contribution in [2.24, 2.45) is 0 Å². The highest BCUT2D eigenvalue weighted by Gasteiger charge is 2.24. The summed E-state index contributed by atoms with van der Waals surface area (Å²) in [7, 11) is -3.79. The van der Waals surface area contributed by atoms with E-state index in [0.29, 0.717) is 13.0 Å². The van der Waals surface area contributed by atoms with E-state index in [-0.39, 0.29) is 15.6 Å². The van der Waals surface area contributed by atoms with E-state index in [2.05, 4.69) is 0 Å². The van der Waals surface area contributed by atoms with Crippen LogP contribution < -0.4 is 0 Å². The number of sulfone groups is 1. The Kier molecular flexibility index (Phi) is 4.93. The Bertz CT molecular complexity index is 568. The standard InChI is InChI=1S/C13H15NO3S/c1-3-12(17-4-2)13(10-14)18(15,16)11-8-6-5-7-9-11/h5-9H,3-4H2,1-2H3. The van der Waals surface area contributed by atoms with E-state index < -0.39 is 9.84 Å². The van der Waals surface area contributed by atoms with Crippen LogP contribution in [0.25, 0.3) is 0 Å². The summed E-state index contributed by atoms with van der Waals surface area (Å²) in [6, 6.07) is 9.63. The second-order valence-electron chi connectivity index (χ2n) is 3.47. The van der Waals surface area contributed by atoms with Gasteiger partial charge in [-0.05, 0) is 19.1 Å². The molecule has 0 aromatic heterocycles. The van der Waals surface area contributed by atoms with E-state index in [9.17, 15) is 8.42 Å². The molecule has 1 aromatic carbocycles. The van der Waals surface area contributed by atoms with Gasteiger partial charge in [-0.3, -0.25) is 0 Å². The van der Waals surface area contributed by atoms with Crippen molar-refractivity contribution in [3.63, 3.8) is 0 Å². The van der Waals surface area contributed by atoms with Gasteiger partial charge in [0.15, 0.2) is 4.91 Å². The second kappa shape index (κ2) is 6.22. The Hall–Kier alpha value is -1.80. The molecule has 5 heteroatoms. The maximum atomic E-state index is 12.3. The van der Waals surface area contributed by atoms with E-state index in [1.54, 1.807) is 38.1 Å². The summed E-state index contributed by atoms with van der Waals surface area (Å²) in [6.07, 6.45) is 0.364. The summed E-state index contributed by atoms with van der Waals surface area (Å²) in [6.45, 7) is 3.83. The third kappa shape index (κ3) is 2.90. The Morgan fingerprint density at radius 3 is 2.33 bits per heavy atom. The normalized spacial score (nSPS) is 12.5. The Labute approximate surface area is 107 Å². The monoisotopic (exact) mass is 265 g/mol. The van der Waals surface area contributed by atoms with Crippen LogP contribution in [0.2, 0.25) is 0 Å². The maximum Gasteiger partial charge on any atom is 0.219 e. The first-order chi connectivity index (χ1) is 8.57. The number of benzene rings is 1. The summed E-state index contributed by atoms with van der Waals surface area (Å²) >= 11 is 0. The average molecular weight is 265 g/mol. The minimum atomic E-state index is -3.79. The zero-order chi connectivity index (χ0) is 13.6.